The summed E-state index contributed by atoms with van der Waals surface area (Å²) in [6.07, 6.45) is 0.744. The quantitative estimate of drug-likeness (QED) is 0.797. The summed E-state index contributed by atoms with van der Waals surface area (Å²) in [7, 11) is 1.69. The van der Waals surface area contributed by atoms with E-state index in [-0.39, 0.29) is 17.9 Å². The van der Waals surface area contributed by atoms with Crippen molar-refractivity contribution in [2.75, 3.05) is 18.5 Å². The first kappa shape index (κ1) is 15.4. The van der Waals surface area contributed by atoms with Crippen molar-refractivity contribution in [1.82, 2.24) is 0 Å². The maximum Gasteiger partial charge on any atom is 0.335 e. The molecule has 0 amide bonds. The molecule has 6 heteroatoms. The van der Waals surface area contributed by atoms with Crippen LogP contribution in [0.25, 0.3) is 0 Å². The molecule has 6 nitrogen and oxygen atoms in total. The minimum Gasteiger partial charge on any atom is -0.506 e. The highest BCUT2D eigenvalue weighted by Gasteiger charge is 2.09. The van der Waals surface area contributed by atoms with Crippen molar-refractivity contribution >= 4 is 17.9 Å². The summed E-state index contributed by atoms with van der Waals surface area (Å²) in [6.45, 7) is 0.171. The monoisotopic (exact) mass is 301 g/mol. The zero-order valence-electron chi connectivity index (χ0n) is 11.9. The molecule has 2 aromatic carbocycles. The Balaban J connectivity index is 2.15. The number of carboxylic acids is 1. The lowest BCUT2D eigenvalue weighted by Crippen LogP contribution is -2.19. The maximum atomic E-state index is 10.8. The van der Waals surface area contributed by atoms with Crippen molar-refractivity contribution in [3.8, 4) is 17.2 Å². The number of hydrogen-bond acceptors (Lipinski definition) is 5. The molecule has 2 aromatic rings. The second kappa shape index (κ2) is 6.62. The summed E-state index contributed by atoms with van der Waals surface area (Å²) in [5.41, 5.74) is 0.682. The number of nitrogens with zero attached hydrogens (tertiary/aromatic N) is 1. The number of carbonyl (C=O) groups is 2. The molecule has 0 saturated heterocycles. The van der Waals surface area contributed by atoms with Crippen molar-refractivity contribution in [3.05, 3.63) is 48.0 Å². The fraction of sp³-hybridized carbons (Fsp3) is 0.125. The summed E-state index contributed by atoms with van der Waals surface area (Å²) in [6, 6.07) is 10.7. The Kier molecular flexibility index (Phi) is 4.63. The Morgan fingerprint density at radius 2 is 1.82 bits per heavy atom. The molecule has 2 N–H and O–H groups in total. The summed E-state index contributed by atoms with van der Waals surface area (Å²) in [5, 5.41) is 18.8. The third-order valence-electron chi connectivity index (χ3n) is 3.04. The summed E-state index contributed by atoms with van der Waals surface area (Å²) in [5.74, 6) is -0.155. The number of likely N-dealkylation sites (N-methyl/N-ethyl adjacent to an activating group) is 1. The van der Waals surface area contributed by atoms with E-state index in [2.05, 4.69) is 0 Å². The fourth-order valence-corrected chi connectivity index (χ4v) is 1.90. The van der Waals surface area contributed by atoms with Crippen LogP contribution in [0.1, 0.15) is 10.4 Å². The number of aromatic hydroxyl groups is 1. The Labute approximate surface area is 127 Å². The van der Waals surface area contributed by atoms with E-state index in [0.29, 0.717) is 17.2 Å². The van der Waals surface area contributed by atoms with Crippen LogP contribution >= 0.6 is 0 Å². The zero-order chi connectivity index (χ0) is 16.1. The summed E-state index contributed by atoms with van der Waals surface area (Å²) in [4.78, 5) is 22.9. The van der Waals surface area contributed by atoms with Gasteiger partial charge in [-0.2, -0.15) is 0 Å². The van der Waals surface area contributed by atoms with Gasteiger partial charge < -0.3 is 24.6 Å². The van der Waals surface area contributed by atoms with Gasteiger partial charge in [-0.05, 0) is 36.4 Å². The van der Waals surface area contributed by atoms with Gasteiger partial charge in [0.2, 0.25) is 0 Å². The number of carboxylic acid groups (broad SMARTS) is 1. The number of benzene rings is 2. The molecule has 0 aromatic heterocycles. The number of carbonyl (C=O) groups excluding carboxylic acids is 1. The SMILES string of the molecule is CN(CC=O)c1ccc(Oc2ccc(C(=O)O)cc2)cc1O. The van der Waals surface area contributed by atoms with Crippen LogP contribution in [0.3, 0.4) is 0 Å². The predicted octanol–water partition coefficient (Wildman–Crippen LogP) is 2.52. The molecule has 0 unspecified atom stereocenters. The van der Waals surface area contributed by atoms with E-state index < -0.39 is 5.97 Å². The average molecular weight is 301 g/mol. The zero-order valence-corrected chi connectivity index (χ0v) is 11.9. The van der Waals surface area contributed by atoms with Crippen LogP contribution in [0.15, 0.2) is 42.5 Å². The molecular weight excluding hydrogens is 286 g/mol. The molecule has 0 heterocycles. The van der Waals surface area contributed by atoms with Crippen LogP contribution in [0.5, 0.6) is 17.2 Å². The second-order valence-electron chi connectivity index (χ2n) is 4.63. The first-order valence-corrected chi connectivity index (χ1v) is 6.50. The molecule has 0 atom stereocenters. The van der Waals surface area contributed by atoms with Gasteiger partial charge >= 0.3 is 5.97 Å². The van der Waals surface area contributed by atoms with E-state index >= 15 is 0 Å². The highest BCUT2D eigenvalue weighted by molar-refractivity contribution is 5.87. The summed E-state index contributed by atoms with van der Waals surface area (Å²) < 4.78 is 5.55. The molecule has 22 heavy (non-hydrogen) atoms. The summed E-state index contributed by atoms with van der Waals surface area (Å²) >= 11 is 0. The molecule has 0 saturated carbocycles. The van der Waals surface area contributed by atoms with Crippen molar-refractivity contribution in [3.63, 3.8) is 0 Å². The van der Waals surface area contributed by atoms with Gasteiger partial charge in [-0.1, -0.05) is 0 Å². The van der Waals surface area contributed by atoms with Crippen LogP contribution in [0.4, 0.5) is 5.69 Å². The van der Waals surface area contributed by atoms with E-state index in [1.165, 1.54) is 30.3 Å². The number of rotatable bonds is 6. The number of ether oxygens (including phenoxy) is 1. The fourth-order valence-electron chi connectivity index (χ4n) is 1.90. The first-order chi connectivity index (χ1) is 10.5. The van der Waals surface area contributed by atoms with E-state index in [0.717, 1.165) is 6.29 Å². The number of phenolic OH excluding ortho intramolecular Hbond substituents is 1. The minimum atomic E-state index is -1.01. The third-order valence-corrected chi connectivity index (χ3v) is 3.04. The Hall–Kier alpha value is -3.02. The highest BCUT2D eigenvalue weighted by atomic mass is 16.5. The van der Waals surface area contributed by atoms with Crippen LogP contribution in [0, 0.1) is 0 Å². The standard InChI is InChI=1S/C16H15NO5/c1-17(8-9-18)14-7-6-13(10-15(14)19)22-12-4-2-11(3-5-12)16(20)21/h2-7,9-10,19H,8H2,1H3,(H,20,21). The van der Waals surface area contributed by atoms with Gasteiger partial charge in [0.25, 0.3) is 0 Å². The number of aromatic carboxylic acids is 1. The molecule has 0 spiro atoms. The molecule has 0 radical (unpaired) electrons. The first-order valence-electron chi connectivity index (χ1n) is 6.50. The van der Waals surface area contributed by atoms with Gasteiger partial charge in [0.05, 0.1) is 17.8 Å². The molecular formula is C16H15NO5. The van der Waals surface area contributed by atoms with Crippen molar-refractivity contribution in [2.45, 2.75) is 0 Å². The van der Waals surface area contributed by atoms with Crippen LogP contribution in [-0.4, -0.2) is 36.1 Å². The maximum absolute atomic E-state index is 10.8. The molecule has 0 aliphatic heterocycles. The van der Waals surface area contributed by atoms with Crippen LogP contribution in [0.2, 0.25) is 0 Å². The van der Waals surface area contributed by atoms with E-state index in [1.807, 2.05) is 0 Å². The van der Waals surface area contributed by atoms with Gasteiger partial charge in [0, 0.05) is 13.1 Å². The van der Waals surface area contributed by atoms with Crippen LogP contribution < -0.4 is 9.64 Å². The van der Waals surface area contributed by atoms with Gasteiger partial charge in [-0.3, -0.25) is 0 Å². The Morgan fingerprint density at radius 1 is 1.18 bits per heavy atom. The highest BCUT2D eigenvalue weighted by Crippen LogP contribution is 2.32. The lowest BCUT2D eigenvalue weighted by Gasteiger charge is -2.18. The van der Waals surface area contributed by atoms with Gasteiger partial charge in [0.1, 0.15) is 23.5 Å². The number of hydrogen-bond donors (Lipinski definition) is 2. The lowest BCUT2D eigenvalue weighted by atomic mass is 10.2. The van der Waals surface area contributed by atoms with E-state index in [9.17, 15) is 14.7 Å². The van der Waals surface area contributed by atoms with Crippen molar-refractivity contribution in [2.24, 2.45) is 0 Å². The van der Waals surface area contributed by atoms with E-state index in [1.54, 1.807) is 24.1 Å². The lowest BCUT2D eigenvalue weighted by molar-refractivity contribution is -0.106. The van der Waals surface area contributed by atoms with Gasteiger partial charge in [-0.25, -0.2) is 4.79 Å². The molecule has 114 valence electrons. The van der Waals surface area contributed by atoms with Crippen molar-refractivity contribution < 1.29 is 24.5 Å². The molecule has 0 bridgehead atoms. The third kappa shape index (κ3) is 3.54. The van der Waals surface area contributed by atoms with E-state index in [4.69, 9.17) is 9.84 Å². The molecule has 0 fully saturated rings. The Morgan fingerprint density at radius 3 is 2.36 bits per heavy atom. The molecule has 0 aliphatic rings. The second-order valence-corrected chi connectivity index (χ2v) is 4.63. The topological polar surface area (TPSA) is 87.1 Å². The van der Waals surface area contributed by atoms with Crippen molar-refractivity contribution in [1.29, 1.82) is 0 Å². The largest absolute Gasteiger partial charge is 0.506 e. The normalized spacial score (nSPS) is 10.0. The number of anilines is 1. The van der Waals surface area contributed by atoms with Gasteiger partial charge in [-0.15, -0.1) is 0 Å². The number of aldehydes is 1. The number of phenols is 1. The van der Waals surface area contributed by atoms with Gasteiger partial charge in [0.15, 0.2) is 0 Å². The predicted molar refractivity (Wildman–Crippen MR) is 80.9 cm³/mol. The Bertz CT molecular complexity index is 681. The van der Waals surface area contributed by atoms with Crippen LogP contribution in [-0.2, 0) is 4.79 Å². The molecule has 2 rings (SSSR count). The smallest absolute Gasteiger partial charge is 0.335 e. The molecule has 0 aliphatic carbocycles. The average Bonchev–Trinajstić information content (AvgIpc) is 2.48. The minimum absolute atomic E-state index is 0.0102.